The number of amides is 1. The van der Waals surface area contributed by atoms with Gasteiger partial charge in [-0.3, -0.25) is 23.4 Å². The molecule has 0 rings (SSSR count). The number of thiol groups is 1. The van der Waals surface area contributed by atoms with E-state index < -0.39 is 37.2 Å². The first-order chi connectivity index (χ1) is 30.6. The Morgan fingerprint density at radius 1 is 0.547 bits per heavy atom. The summed E-state index contributed by atoms with van der Waals surface area (Å²) in [5, 5.41) is 2.70. The SMILES string of the molecule is CC.CCCCCCCCCCCCCCCCCC(=O)OC[C@H](COP(=O)(O)OCCNC(=O)C(C)(S)CCC(C)(C)C)OC(=O)CCCCCCCCCCCCCCCCC. The van der Waals surface area contributed by atoms with Gasteiger partial charge in [-0.1, -0.05) is 228 Å². The number of carbonyl (C=O) groups excluding carboxylic acids is 3. The fraction of sp³-hybridized carbons (Fsp3) is 0.942. The van der Waals surface area contributed by atoms with Gasteiger partial charge in [-0.15, -0.1) is 0 Å². The maximum Gasteiger partial charge on any atom is 0.472 e. The molecule has 10 nitrogen and oxygen atoms in total. The Kier molecular flexibility index (Phi) is 45.0. The second-order valence-corrected chi connectivity index (χ2v) is 21.8. The third kappa shape index (κ3) is 46.0. The van der Waals surface area contributed by atoms with Gasteiger partial charge in [0.1, 0.15) is 6.61 Å². The highest BCUT2D eigenvalue weighted by Crippen LogP contribution is 2.43. The van der Waals surface area contributed by atoms with E-state index in [1.807, 2.05) is 13.8 Å². The molecule has 3 atom stereocenters. The van der Waals surface area contributed by atoms with Gasteiger partial charge in [0.2, 0.25) is 5.91 Å². The first-order valence-corrected chi connectivity index (χ1v) is 28.5. The average Bonchev–Trinajstić information content (AvgIpc) is 3.25. The molecule has 0 aliphatic heterocycles. The van der Waals surface area contributed by atoms with Gasteiger partial charge < -0.3 is 19.7 Å². The molecule has 0 aliphatic carbocycles. The van der Waals surface area contributed by atoms with Crippen LogP contribution in [0.15, 0.2) is 0 Å². The van der Waals surface area contributed by atoms with Crippen molar-refractivity contribution in [2.24, 2.45) is 5.41 Å². The summed E-state index contributed by atoms with van der Waals surface area (Å²) in [6, 6.07) is 0. The van der Waals surface area contributed by atoms with Gasteiger partial charge >= 0.3 is 19.8 Å². The van der Waals surface area contributed by atoms with Crippen LogP contribution in [-0.2, 0) is 37.5 Å². The van der Waals surface area contributed by atoms with Crippen molar-refractivity contribution < 1.29 is 42.4 Å². The summed E-state index contributed by atoms with van der Waals surface area (Å²) < 4.78 is 33.1. The zero-order valence-electron chi connectivity index (χ0n) is 43.1. The topological polar surface area (TPSA) is 137 Å². The Morgan fingerprint density at radius 2 is 0.906 bits per heavy atom. The van der Waals surface area contributed by atoms with Crippen molar-refractivity contribution in [2.45, 2.75) is 285 Å². The van der Waals surface area contributed by atoms with Crippen LogP contribution in [0.25, 0.3) is 0 Å². The van der Waals surface area contributed by atoms with E-state index in [0.29, 0.717) is 12.8 Å². The quantitative estimate of drug-likeness (QED) is 0.0236. The lowest BCUT2D eigenvalue weighted by molar-refractivity contribution is -0.161. The van der Waals surface area contributed by atoms with Gasteiger partial charge in [0.15, 0.2) is 6.10 Å². The zero-order chi connectivity index (χ0) is 48.2. The number of rotatable bonds is 45. The summed E-state index contributed by atoms with van der Waals surface area (Å²) in [6.07, 6.45) is 37.7. The highest BCUT2D eigenvalue weighted by molar-refractivity contribution is 7.82. The number of hydrogen-bond donors (Lipinski definition) is 3. The lowest BCUT2D eigenvalue weighted by Gasteiger charge is -2.27. The first-order valence-electron chi connectivity index (χ1n) is 26.6. The monoisotopic (exact) mass is 950 g/mol. The van der Waals surface area contributed by atoms with Crippen LogP contribution in [0.3, 0.4) is 0 Å². The van der Waals surface area contributed by atoms with E-state index in [1.165, 1.54) is 148 Å². The summed E-state index contributed by atoms with van der Waals surface area (Å²) >= 11 is 4.53. The normalized spacial score (nSPS) is 13.9. The predicted molar refractivity (Wildman–Crippen MR) is 272 cm³/mol. The number of hydrogen-bond acceptors (Lipinski definition) is 9. The molecule has 0 aromatic carbocycles. The molecule has 64 heavy (non-hydrogen) atoms. The fourth-order valence-electron chi connectivity index (χ4n) is 7.36. The van der Waals surface area contributed by atoms with E-state index in [1.54, 1.807) is 6.92 Å². The van der Waals surface area contributed by atoms with Crippen molar-refractivity contribution in [3.8, 4) is 0 Å². The van der Waals surface area contributed by atoms with Crippen LogP contribution in [0, 0.1) is 5.41 Å². The highest BCUT2D eigenvalue weighted by atomic mass is 32.1. The fourth-order valence-corrected chi connectivity index (χ4v) is 8.30. The van der Waals surface area contributed by atoms with E-state index >= 15 is 0 Å². The minimum Gasteiger partial charge on any atom is -0.462 e. The molecule has 2 unspecified atom stereocenters. The van der Waals surface area contributed by atoms with Crippen LogP contribution in [0.4, 0.5) is 0 Å². The Balaban J connectivity index is 0. The second kappa shape index (κ2) is 44.4. The third-order valence-corrected chi connectivity index (χ3v) is 13.0. The summed E-state index contributed by atoms with van der Waals surface area (Å²) in [5.41, 5.74) is 0.0516. The van der Waals surface area contributed by atoms with E-state index in [2.05, 4.69) is 52.6 Å². The van der Waals surface area contributed by atoms with Gasteiger partial charge in [-0.2, -0.15) is 12.6 Å². The molecule has 0 fully saturated rings. The Labute approximate surface area is 400 Å². The largest absolute Gasteiger partial charge is 0.472 e. The van der Waals surface area contributed by atoms with Crippen LogP contribution in [0.2, 0.25) is 0 Å². The van der Waals surface area contributed by atoms with E-state index in [4.69, 9.17) is 18.5 Å². The van der Waals surface area contributed by atoms with Crippen molar-refractivity contribution in [1.29, 1.82) is 0 Å². The summed E-state index contributed by atoms with van der Waals surface area (Å²) in [4.78, 5) is 48.5. The number of unbranched alkanes of at least 4 members (excludes halogenated alkanes) is 28. The van der Waals surface area contributed by atoms with E-state index in [0.717, 1.165) is 44.9 Å². The molecule has 0 heterocycles. The van der Waals surface area contributed by atoms with Crippen LogP contribution in [-0.4, -0.2) is 60.0 Å². The lowest BCUT2D eigenvalue weighted by atomic mass is 9.86. The molecular weight excluding hydrogens is 846 g/mol. The van der Waals surface area contributed by atoms with Crippen LogP contribution in [0.1, 0.15) is 274 Å². The first kappa shape index (κ1) is 65.0. The maximum absolute atomic E-state index is 12.8. The smallest absolute Gasteiger partial charge is 0.462 e. The number of phosphoric ester groups is 1. The molecule has 0 aromatic heterocycles. The van der Waals surface area contributed by atoms with Gasteiger partial charge in [-0.05, 0) is 38.0 Å². The third-order valence-electron chi connectivity index (χ3n) is 11.6. The van der Waals surface area contributed by atoms with Crippen molar-refractivity contribution in [2.75, 3.05) is 26.4 Å². The van der Waals surface area contributed by atoms with Crippen LogP contribution < -0.4 is 5.32 Å². The Morgan fingerprint density at radius 3 is 1.28 bits per heavy atom. The van der Waals surface area contributed by atoms with Crippen molar-refractivity contribution in [3.63, 3.8) is 0 Å². The van der Waals surface area contributed by atoms with Gasteiger partial charge in [0.25, 0.3) is 0 Å². The number of esters is 2. The number of nitrogens with one attached hydrogen (secondary N) is 1. The van der Waals surface area contributed by atoms with Gasteiger partial charge in [0, 0.05) is 19.4 Å². The maximum atomic E-state index is 12.8. The molecule has 0 spiro atoms. The number of phosphoric acid groups is 1. The Bertz CT molecular complexity index is 1130. The molecule has 2 N–H and O–H groups in total. The predicted octanol–water partition coefficient (Wildman–Crippen LogP) is 15.8. The van der Waals surface area contributed by atoms with Gasteiger partial charge in [0.05, 0.1) is 18.0 Å². The van der Waals surface area contributed by atoms with E-state index in [9.17, 15) is 23.8 Å². The molecule has 0 saturated heterocycles. The minimum atomic E-state index is -4.57. The van der Waals surface area contributed by atoms with Gasteiger partial charge in [-0.25, -0.2) is 4.57 Å². The molecule has 0 radical (unpaired) electrons. The second-order valence-electron chi connectivity index (χ2n) is 19.4. The summed E-state index contributed by atoms with van der Waals surface area (Å²) in [6.45, 7) is 15.5. The summed E-state index contributed by atoms with van der Waals surface area (Å²) in [5.74, 6) is -1.17. The molecule has 1 amide bonds. The number of carbonyl (C=O) groups is 3. The minimum absolute atomic E-state index is 0.0208. The number of ether oxygens (including phenoxy) is 2. The average molecular weight is 950 g/mol. The molecule has 0 saturated carbocycles. The molecule has 0 bridgehead atoms. The standard InChI is InChI=1S/C50H98NO9PS.C2H6/c1-7-9-11-13-15-17-19-21-23-25-27-29-31-33-35-37-46(52)57-43-45(44-59-61(55,56)58-42-41-51-48(54)50(6,62)40-39-49(3,4)5)60-47(53)38-36-34-32-30-28-26-24-22-20-18-16-14-12-10-8-2;1-2/h45,62H,7-44H2,1-6H3,(H,51,54)(H,55,56);1-2H3/t45-,50?;/m1./s1. The lowest BCUT2D eigenvalue weighted by Crippen LogP contribution is -2.42. The van der Waals surface area contributed by atoms with Crippen LogP contribution in [0.5, 0.6) is 0 Å². The van der Waals surface area contributed by atoms with Crippen molar-refractivity contribution in [1.82, 2.24) is 5.32 Å². The zero-order valence-corrected chi connectivity index (χ0v) is 44.8. The highest BCUT2D eigenvalue weighted by Gasteiger charge is 2.31. The molecule has 0 aromatic rings. The van der Waals surface area contributed by atoms with Crippen LogP contribution >= 0.6 is 20.5 Å². The molecule has 382 valence electrons. The summed E-state index contributed by atoms with van der Waals surface area (Å²) in [7, 11) is -4.57. The molecular formula is C52H104NO9PS. The van der Waals surface area contributed by atoms with Crippen molar-refractivity contribution >= 4 is 38.3 Å². The molecule has 12 heteroatoms. The Hall–Kier alpha value is -1.13. The van der Waals surface area contributed by atoms with E-state index in [-0.39, 0.29) is 43.9 Å². The molecule has 0 aliphatic rings. The van der Waals surface area contributed by atoms with Crippen molar-refractivity contribution in [3.05, 3.63) is 0 Å².